The smallest absolute Gasteiger partial charge is 0.247 e. The maximum atomic E-state index is 12.7. The first-order valence-corrected chi connectivity index (χ1v) is 8.42. The highest BCUT2D eigenvalue weighted by Crippen LogP contribution is 2.18. The predicted octanol–water partition coefficient (Wildman–Crippen LogP) is 0.869. The van der Waals surface area contributed by atoms with Crippen LogP contribution in [0.3, 0.4) is 0 Å². The Bertz CT molecular complexity index is 581. The molecule has 0 bridgehead atoms. The largest absolute Gasteiger partial charge is 0.368 e. The summed E-state index contributed by atoms with van der Waals surface area (Å²) in [6.07, 6.45) is 1.77. The summed E-state index contributed by atoms with van der Waals surface area (Å²) < 4.78 is 1.61. The molecular weight excluding hydrogens is 306 g/mol. The summed E-state index contributed by atoms with van der Waals surface area (Å²) in [4.78, 5) is 17.0. The van der Waals surface area contributed by atoms with Gasteiger partial charge in [0.2, 0.25) is 5.91 Å². The average molecular weight is 335 g/mol. The van der Waals surface area contributed by atoms with Gasteiger partial charge in [0, 0.05) is 31.7 Å². The Kier molecular flexibility index (Phi) is 5.58. The number of nitrogens with zero attached hydrogens (tertiary/aromatic N) is 5. The molecule has 1 saturated heterocycles. The first-order chi connectivity index (χ1) is 11.2. The highest BCUT2D eigenvalue weighted by atomic mass is 16.2. The molecule has 0 spiro atoms. The van der Waals surface area contributed by atoms with Crippen LogP contribution < -0.4 is 5.32 Å². The molecule has 0 radical (unpaired) electrons. The number of hydrogen-bond donors (Lipinski definition) is 2. The van der Waals surface area contributed by atoms with E-state index in [2.05, 4.69) is 41.3 Å². The number of carbonyl (C=O) groups excluding carboxylic acids is 1. The van der Waals surface area contributed by atoms with Gasteiger partial charge >= 0.3 is 0 Å². The van der Waals surface area contributed by atoms with E-state index in [9.17, 15) is 4.79 Å². The number of rotatable bonds is 4. The Morgan fingerprint density at radius 1 is 1.33 bits per heavy atom. The second kappa shape index (κ2) is 7.29. The standard InChI is InChI=1S/C16H29N7O/c1-12(23-11-14(19-20-23)10-18-13(2)17)15(24)21-6-8-22(9-7-21)16(3,4)5/h11-12H,6-10H2,1-5H3,(H2,17,18)/t12-/m0/s1. The number of nitrogens with one attached hydrogen (secondary N) is 2. The maximum absolute atomic E-state index is 12.7. The molecule has 0 unspecified atom stereocenters. The molecule has 0 aromatic carbocycles. The van der Waals surface area contributed by atoms with Crippen LogP contribution in [-0.2, 0) is 11.3 Å². The third-order valence-corrected chi connectivity index (χ3v) is 4.39. The van der Waals surface area contributed by atoms with Crippen molar-refractivity contribution in [2.45, 2.75) is 52.7 Å². The Hall–Kier alpha value is -1.96. The molecule has 134 valence electrons. The number of amidine groups is 1. The number of aromatic nitrogens is 3. The highest BCUT2D eigenvalue weighted by molar-refractivity contribution is 5.80. The van der Waals surface area contributed by atoms with Gasteiger partial charge in [-0.3, -0.25) is 15.1 Å². The predicted molar refractivity (Wildman–Crippen MR) is 92.9 cm³/mol. The monoisotopic (exact) mass is 335 g/mol. The molecule has 24 heavy (non-hydrogen) atoms. The van der Waals surface area contributed by atoms with Crippen LogP contribution in [-0.4, -0.2) is 68.3 Å². The third kappa shape index (κ3) is 4.53. The summed E-state index contributed by atoms with van der Waals surface area (Å²) in [5.74, 6) is 0.460. The van der Waals surface area contributed by atoms with Crippen molar-refractivity contribution in [3.8, 4) is 0 Å². The molecule has 1 aliphatic heterocycles. The van der Waals surface area contributed by atoms with Gasteiger partial charge in [-0.05, 0) is 34.6 Å². The minimum absolute atomic E-state index is 0.0798. The highest BCUT2D eigenvalue weighted by Gasteiger charge is 2.30. The molecule has 1 fully saturated rings. The topological polar surface area (TPSA) is 90.1 Å². The summed E-state index contributed by atoms with van der Waals surface area (Å²) >= 11 is 0. The zero-order valence-corrected chi connectivity index (χ0v) is 15.3. The van der Waals surface area contributed by atoms with E-state index in [-0.39, 0.29) is 17.5 Å². The molecule has 2 N–H and O–H groups in total. The molecule has 0 aliphatic carbocycles. The van der Waals surface area contributed by atoms with Crippen molar-refractivity contribution in [2.24, 2.45) is 0 Å². The summed E-state index contributed by atoms with van der Waals surface area (Å²) in [5.41, 5.74) is 0.862. The van der Waals surface area contributed by atoms with Crippen LogP contribution >= 0.6 is 0 Å². The number of piperazine rings is 1. The van der Waals surface area contributed by atoms with Gasteiger partial charge in [0.1, 0.15) is 11.7 Å². The molecule has 1 aromatic rings. The van der Waals surface area contributed by atoms with Gasteiger partial charge < -0.3 is 10.2 Å². The minimum atomic E-state index is -0.367. The molecule has 1 atom stereocenters. The van der Waals surface area contributed by atoms with Crippen molar-refractivity contribution in [3.05, 3.63) is 11.9 Å². The van der Waals surface area contributed by atoms with Crippen molar-refractivity contribution in [1.29, 1.82) is 5.41 Å². The van der Waals surface area contributed by atoms with Crippen LogP contribution in [0.15, 0.2) is 6.20 Å². The lowest BCUT2D eigenvalue weighted by Crippen LogP contribution is -2.55. The van der Waals surface area contributed by atoms with E-state index >= 15 is 0 Å². The lowest BCUT2D eigenvalue weighted by atomic mass is 10.0. The van der Waals surface area contributed by atoms with Crippen LogP contribution in [0.5, 0.6) is 0 Å². The van der Waals surface area contributed by atoms with Crippen molar-refractivity contribution < 1.29 is 4.79 Å². The van der Waals surface area contributed by atoms with Crippen LogP contribution in [0.2, 0.25) is 0 Å². The van der Waals surface area contributed by atoms with Gasteiger partial charge in [-0.2, -0.15) is 0 Å². The summed E-state index contributed by atoms with van der Waals surface area (Å²) in [6, 6.07) is -0.367. The fraction of sp³-hybridized carbons (Fsp3) is 0.750. The van der Waals surface area contributed by atoms with Crippen molar-refractivity contribution >= 4 is 11.7 Å². The van der Waals surface area contributed by atoms with Crippen LogP contribution in [0.25, 0.3) is 0 Å². The molecule has 0 saturated carbocycles. The minimum Gasteiger partial charge on any atom is -0.368 e. The van der Waals surface area contributed by atoms with E-state index < -0.39 is 0 Å². The first kappa shape index (κ1) is 18.4. The molecule has 1 amide bonds. The zero-order valence-electron chi connectivity index (χ0n) is 15.3. The zero-order chi connectivity index (χ0) is 17.9. The van der Waals surface area contributed by atoms with E-state index in [0.29, 0.717) is 12.4 Å². The summed E-state index contributed by atoms with van der Waals surface area (Å²) in [5, 5.41) is 18.4. The Balaban J connectivity index is 1.92. The molecule has 2 heterocycles. The van der Waals surface area contributed by atoms with E-state index in [1.807, 2.05) is 11.8 Å². The van der Waals surface area contributed by atoms with Crippen molar-refractivity contribution in [2.75, 3.05) is 26.2 Å². The molecule has 1 aliphatic rings. The van der Waals surface area contributed by atoms with Gasteiger partial charge in [0.15, 0.2) is 0 Å². The molecule has 8 heteroatoms. The van der Waals surface area contributed by atoms with Gasteiger partial charge in [0.25, 0.3) is 0 Å². The van der Waals surface area contributed by atoms with Crippen LogP contribution in [0.1, 0.15) is 46.4 Å². The van der Waals surface area contributed by atoms with Gasteiger partial charge in [-0.25, -0.2) is 4.68 Å². The van der Waals surface area contributed by atoms with Crippen LogP contribution in [0, 0.1) is 5.41 Å². The van der Waals surface area contributed by atoms with E-state index in [0.717, 1.165) is 31.9 Å². The Labute approximate surface area is 143 Å². The van der Waals surface area contributed by atoms with Gasteiger partial charge in [-0.15, -0.1) is 5.10 Å². The number of hydrogen-bond acceptors (Lipinski definition) is 5. The normalized spacial score (nSPS) is 17.6. The molecular formula is C16H29N7O. The van der Waals surface area contributed by atoms with Crippen molar-refractivity contribution in [1.82, 2.24) is 30.1 Å². The average Bonchev–Trinajstić information content (AvgIpc) is 2.99. The first-order valence-electron chi connectivity index (χ1n) is 8.42. The lowest BCUT2D eigenvalue weighted by molar-refractivity contribution is -0.137. The maximum Gasteiger partial charge on any atom is 0.247 e. The second-order valence-electron chi connectivity index (χ2n) is 7.33. The third-order valence-electron chi connectivity index (χ3n) is 4.39. The van der Waals surface area contributed by atoms with Crippen molar-refractivity contribution in [3.63, 3.8) is 0 Å². The quantitative estimate of drug-likeness (QED) is 0.629. The number of amides is 1. The second-order valence-corrected chi connectivity index (χ2v) is 7.33. The summed E-state index contributed by atoms with van der Waals surface area (Å²) in [6.45, 7) is 13.9. The number of carbonyl (C=O) groups is 1. The van der Waals surface area contributed by atoms with E-state index in [4.69, 9.17) is 5.41 Å². The van der Waals surface area contributed by atoms with E-state index in [1.165, 1.54) is 0 Å². The molecule has 1 aromatic heterocycles. The Morgan fingerprint density at radius 3 is 2.50 bits per heavy atom. The van der Waals surface area contributed by atoms with Crippen LogP contribution in [0.4, 0.5) is 0 Å². The Morgan fingerprint density at radius 2 is 1.96 bits per heavy atom. The summed E-state index contributed by atoms with van der Waals surface area (Å²) in [7, 11) is 0. The molecule has 8 nitrogen and oxygen atoms in total. The van der Waals surface area contributed by atoms with E-state index in [1.54, 1.807) is 17.8 Å². The van der Waals surface area contributed by atoms with Gasteiger partial charge in [0.05, 0.1) is 18.6 Å². The fourth-order valence-corrected chi connectivity index (χ4v) is 2.78. The fourth-order valence-electron chi connectivity index (χ4n) is 2.78. The SMILES string of the molecule is CC(=N)NCc1cn([C@@H](C)C(=O)N2CCN(C(C)(C)C)CC2)nn1. The molecule has 2 rings (SSSR count). The lowest BCUT2D eigenvalue weighted by Gasteiger charge is -2.42. The van der Waals surface area contributed by atoms with Gasteiger partial charge in [-0.1, -0.05) is 5.21 Å².